The third-order valence-corrected chi connectivity index (χ3v) is 1.45. The van der Waals surface area contributed by atoms with Gasteiger partial charge in [-0.25, -0.2) is 4.79 Å². The Hall–Kier alpha value is -1.68. The van der Waals surface area contributed by atoms with E-state index in [-0.39, 0.29) is 0 Å². The minimum Gasteiger partial charge on any atom is -0.308 e. The molecule has 5 heteroatoms. The lowest BCUT2D eigenvalue weighted by molar-refractivity contribution is -0.150. The Balaban J connectivity index is 2.50. The number of benzene rings is 1. The van der Waals surface area contributed by atoms with Crippen LogP contribution < -0.4 is 0 Å². The summed E-state index contributed by atoms with van der Waals surface area (Å²) >= 11 is 4.82. The fraction of sp³-hybridized carbons (Fsp3) is 0. The zero-order valence-electron chi connectivity index (χ0n) is 7.01. The summed E-state index contributed by atoms with van der Waals surface area (Å²) in [6.45, 7) is 0. The molecule has 0 N–H and O–H groups in total. The molecule has 0 atom stereocenters. The average Bonchev–Trinajstić information content (AvgIpc) is 2.19. The first kappa shape index (κ1) is 10.4. The molecule has 0 aromatic heterocycles. The summed E-state index contributed by atoms with van der Waals surface area (Å²) in [7, 11) is 0. The molecule has 0 aliphatic carbocycles. The molecule has 0 saturated heterocycles. The molecular weight excluding hydrogens is 206 g/mol. The highest BCUT2D eigenvalue weighted by Gasteiger charge is 2.10. The number of oxime groups is 1. The zero-order valence-corrected chi connectivity index (χ0v) is 7.77. The minimum atomic E-state index is -1.20. The number of carbonyl (C=O) groups excluding carboxylic acids is 2. The van der Waals surface area contributed by atoms with E-state index in [2.05, 4.69) is 9.99 Å². The van der Waals surface area contributed by atoms with Gasteiger partial charge in [0.25, 0.3) is 0 Å². The largest absolute Gasteiger partial charge is 0.417 e. The third kappa shape index (κ3) is 3.37. The van der Waals surface area contributed by atoms with Crippen LogP contribution in [0.4, 0.5) is 0 Å². The van der Waals surface area contributed by atoms with Crippen molar-refractivity contribution in [2.24, 2.45) is 5.16 Å². The van der Waals surface area contributed by atoms with Crippen molar-refractivity contribution in [3.05, 3.63) is 35.9 Å². The summed E-state index contributed by atoms with van der Waals surface area (Å²) in [6, 6.07) is 8.97. The van der Waals surface area contributed by atoms with Crippen LogP contribution in [0.25, 0.3) is 0 Å². The molecule has 0 fully saturated rings. The van der Waals surface area contributed by atoms with E-state index in [9.17, 15) is 9.59 Å². The van der Waals surface area contributed by atoms with E-state index in [0.717, 1.165) is 5.56 Å². The summed E-state index contributed by atoms with van der Waals surface area (Å²) in [4.78, 5) is 24.9. The minimum absolute atomic E-state index is 0.752. The maximum Gasteiger partial charge on any atom is 0.417 e. The van der Waals surface area contributed by atoms with Crippen molar-refractivity contribution in [3.8, 4) is 0 Å². The predicted molar refractivity (Wildman–Crippen MR) is 51.0 cm³/mol. The first-order valence-corrected chi connectivity index (χ1v) is 4.07. The van der Waals surface area contributed by atoms with Crippen LogP contribution in [0.2, 0.25) is 0 Å². The van der Waals surface area contributed by atoms with E-state index in [0.29, 0.717) is 0 Å². The Bertz CT molecular complexity index is 362. The second-order valence-corrected chi connectivity index (χ2v) is 2.64. The molecule has 0 radical (unpaired) electrons. The van der Waals surface area contributed by atoms with Crippen LogP contribution in [0.1, 0.15) is 5.56 Å². The highest BCUT2D eigenvalue weighted by atomic mass is 35.5. The first-order chi connectivity index (χ1) is 6.70. The molecule has 0 heterocycles. The Morgan fingerprint density at radius 3 is 2.50 bits per heavy atom. The van der Waals surface area contributed by atoms with Crippen molar-refractivity contribution in [2.75, 3.05) is 0 Å². The van der Waals surface area contributed by atoms with Gasteiger partial charge in [0, 0.05) is 0 Å². The molecule has 0 aliphatic rings. The van der Waals surface area contributed by atoms with Gasteiger partial charge in [-0.15, -0.1) is 0 Å². The molecule has 72 valence electrons. The number of hydrogen-bond acceptors (Lipinski definition) is 4. The second-order valence-electron chi connectivity index (χ2n) is 2.30. The molecular formula is C9H6ClNO3. The van der Waals surface area contributed by atoms with Crippen LogP contribution in [0, 0.1) is 0 Å². The van der Waals surface area contributed by atoms with Crippen molar-refractivity contribution >= 4 is 29.0 Å². The molecule has 0 aliphatic heterocycles. The van der Waals surface area contributed by atoms with Crippen LogP contribution in [0.15, 0.2) is 35.5 Å². The number of rotatable bonds is 3. The summed E-state index contributed by atoms with van der Waals surface area (Å²) < 4.78 is 0. The van der Waals surface area contributed by atoms with Crippen LogP contribution in [-0.2, 0) is 14.4 Å². The molecule has 4 nitrogen and oxygen atoms in total. The van der Waals surface area contributed by atoms with Gasteiger partial charge in [0.05, 0.1) is 6.21 Å². The van der Waals surface area contributed by atoms with Crippen molar-refractivity contribution in [2.45, 2.75) is 0 Å². The lowest BCUT2D eigenvalue weighted by atomic mass is 10.2. The van der Waals surface area contributed by atoms with E-state index >= 15 is 0 Å². The summed E-state index contributed by atoms with van der Waals surface area (Å²) in [5.74, 6) is -1.20. The van der Waals surface area contributed by atoms with Crippen LogP contribution >= 0.6 is 11.6 Å². The molecule has 0 bridgehead atoms. The zero-order chi connectivity index (χ0) is 10.4. The van der Waals surface area contributed by atoms with Crippen molar-refractivity contribution in [1.82, 2.24) is 0 Å². The highest BCUT2D eigenvalue weighted by molar-refractivity contribution is 6.80. The van der Waals surface area contributed by atoms with Crippen molar-refractivity contribution < 1.29 is 14.4 Å². The lowest BCUT2D eigenvalue weighted by Gasteiger charge is -1.91. The first-order valence-electron chi connectivity index (χ1n) is 3.69. The van der Waals surface area contributed by atoms with Gasteiger partial charge >= 0.3 is 11.2 Å². The summed E-state index contributed by atoms with van der Waals surface area (Å²) in [5.41, 5.74) is 0.752. The Labute approximate surface area is 85.1 Å². The van der Waals surface area contributed by atoms with Gasteiger partial charge in [-0.3, -0.25) is 4.79 Å². The molecule has 1 aromatic carbocycles. The fourth-order valence-corrected chi connectivity index (χ4v) is 0.745. The number of hydrogen-bond donors (Lipinski definition) is 0. The van der Waals surface area contributed by atoms with Gasteiger partial charge in [-0.05, 0) is 17.2 Å². The van der Waals surface area contributed by atoms with E-state index in [1.54, 1.807) is 24.3 Å². The normalized spacial score (nSPS) is 10.1. The van der Waals surface area contributed by atoms with E-state index in [1.807, 2.05) is 6.07 Å². The van der Waals surface area contributed by atoms with Crippen LogP contribution in [0.5, 0.6) is 0 Å². The van der Waals surface area contributed by atoms with Crippen molar-refractivity contribution in [3.63, 3.8) is 0 Å². The Morgan fingerprint density at radius 2 is 1.93 bits per heavy atom. The average molecular weight is 212 g/mol. The van der Waals surface area contributed by atoms with Gasteiger partial charge < -0.3 is 4.84 Å². The van der Waals surface area contributed by atoms with Gasteiger partial charge in [0.15, 0.2) is 0 Å². The molecule has 0 saturated carbocycles. The molecule has 1 aromatic rings. The summed E-state index contributed by atoms with van der Waals surface area (Å²) in [6.07, 6.45) is 1.30. The van der Waals surface area contributed by atoms with Gasteiger partial charge in [-0.1, -0.05) is 35.5 Å². The maximum atomic E-state index is 10.5. The quantitative estimate of drug-likeness (QED) is 0.249. The van der Waals surface area contributed by atoms with E-state index < -0.39 is 11.2 Å². The van der Waals surface area contributed by atoms with Gasteiger partial charge in [0.1, 0.15) is 0 Å². The van der Waals surface area contributed by atoms with Gasteiger partial charge in [0.2, 0.25) is 0 Å². The number of carbonyl (C=O) groups is 2. The van der Waals surface area contributed by atoms with Gasteiger partial charge in [-0.2, -0.15) is 0 Å². The monoisotopic (exact) mass is 211 g/mol. The van der Waals surface area contributed by atoms with E-state index in [4.69, 9.17) is 11.6 Å². The molecule has 1 rings (SSSR count). The van der Waals surface area contributed by atoms with Crippen LogP contribution in [0.3, 0.4) is 0 Å². The van der Waals surface area contributed by atoms with Crippen molar-refractivity contribution in [1.29, 1.82) is 0 Å². The Morgan fingerprint density at radius 1 is 1.29 bits per heavy atom. The van der Waals surface area contributed by atoms with Crippen LogP contribution in [-0.4, -0.2) is 17.4 Å². The fourth-order valence-electron chi connectivity index (χ4n) is 0.710. The number of nitrogens with zero attached hydrogens (tertiary/aromatic N) is 1. The molecule has 0 amide bonds. The SMILES string of the molecule is O=C(Cl)C(=O)O/N=C/c1ccccc1. The third-order valence-electron chi connectivity index (χ3n) is 1.30. The highest BCUT2D eigenvalue weighted by Crippen LogP contribution is 1.94. The Kier molecular flexibility index (Phi) is 3.82. The maximum absolute atomic E-state index is 10.5. The number of halogens is 1. The topological polar surface area (TPSA) is 55.7 Å². The summed E-state index contributed by atoms with van der Waals surface area (Å²) in [5, 5.41) is 2.08. The molecule has 0 unspecified atom stereocenters. The lowest BCUT2D eigenvalue weighted by Crippen LogP contribution is -2.07. The molecule has 0 spiro atoms. The second kappa shape index (κ2) is 5.14. The molecule has 14 heavy (non-hydrogen) atoms. The smallest absolute Gasteiger partial charge is 0.308 e. The predicted octanol–water partition coefficient (Wildman–Crippen LogP) is 1.33. The standard InChI is InChI=1S/C9H6ClNO3/c10-8(12)9(13)14-11-6-7-4-2-1-3-5-7/h1-6H/b11-6+. The van der Waals surface area contributed by atoms with E-state index in [1.165, 1.54) is 6.21 Å².